The molecular weight excluding hydrogens is 268 g/mol. The lowest BCUT2D eigenvalue weighted by Crippen LogP contribution is -2.21. The number of aryl methyl sites for hydroxylation is 2. The van der Waals surface area contributed by atoms with Crippen molar-refractivity contribution in [3.05, 3.63) is 17.0 Å². The molecule has 0 radical (unpaired) electrons. The lowest BCUT2D eigenvalue weighted by Gasteiger charge is -2.10. The van der Waals surface area contributed by atoms with E-state index in [2.05, 4.69) is 17.3 Å². The van der Waals surface area contributed by atoms with Crippen LogP contribution in [0.1, 0.15) is 29.8 Å². The average molecular weight is 296 g/mol. The van der Waals surface area contributed by atoms with E-state index in [-0.39, 0.29) is 5.91 Å². The number of hydrogen-bond donors (Lipinski definition) is 1. The van der Waals surface area contributed by atoms with E-state index in [4.69, 9.17) is 4.74 Å². The Kier molecular flexibility index (Phi) is 7.39. The number of ether oxygens (including phenoxy) is 1. The predicted molar refractivity (Wildman–Crippen MR) is 83.2 cm³/mol. The first-order valence-corrected chi connectivity index (χ1v) is 7.40. The van der Waals surface area contributed by atoms with Gasteiger partial charge < -0.3 is 15.0 Å². The molecule has 0 fully saturated rings. The average Bonchev–Trinajstić information content (AvgIpc) is 2.70. The van der Waals surface area contributed by atoms with Crippen LogP contribution in [-0.4, -0.2) is 54.9 Å². The van der Waals surface area contributed by atoms with Gasteiger partial charge in [0.2, 0.25) is 5.91 Å². The molecule has 1 aromatic rings. The summed E-state index contributed by atoms with van der Waals surface area (Å²) < 4.78 is 7.03. The molecule has 0 aromatic carbocycles. The van der Waals surface area contributed by atoms with E-state index in [1.54, 1.807) is 26.1 Å². The summed E-state index contributed by atoms with van der Waals surface area (Å²) in [7, 11) is 5.27. The van der Waals surface area contributed by atoms with E-state index in [0.717, 1.165) is 31.7 Å². The van der Waals surface area contributed by atoms with Gasteiger partial charge in [0.05, 0.1) is 12.3 Å². The van der Waals surface area contributed by atoms with E-state index in [9.17, 15) is 4.79 Å². The molecule has 120 valence electrons. The zero-order chi connectivity index (χ0) is 15.8. The third kappa shape index (κ3) is 5.47. The molecule has 0 saturated carbocycles. The predicted octanol–water partition coefficient (Wildman–Crippen LogP) is 1.10. The first-order valence-electron chi connectivity index (χ1n) is 7.40. The van der Waals surface area contributed by atoms with Crippen molar-refractivity contribution in [2.24, 2.45) is 0 Å². The van der Waals surface area contributed by atoms with Crippen LogP contribution in [-0.2, 0) is 22.6 Å². The molecule has 0 atom stereocenters. The number of rotatable bonds is 9. The van der Waals surface area contributed by atoms with Crippen LogP contribution in [0.3, 0.4) is 0 Å². The van der Waals surface area contributed by atoms with Crippen molar-refractivity contribution in [2.45, 2.75) is 39.8 Å². The Morgan fingerprint density at radius 1 is 1.38 bits per heavy atom. The highest BCUT2D eigenvalue weighted by Gasteiger charge is 2.11. The Morgan fingerprint density at radius 3 is 2.71 bits per heavy atom. The van der Waals surface area contributed by atoms with Gasteiger partial charge in [0, 0.05) is 58.5 Å². The topological polar surface area (TPSA) is 59.4 Å². The molecule has 6 nitrogen and oxygen atoms in total. The molecule has 1 rings (SSSR count). The SMILES string of the molecule is COCCNCc1c(C)nn(CCCC(=O)N(C)C)c1C. The first-order chi connectivity index (χ1) is 9.97. The van der Waals surface area contributed by atoms with Crippen LogP contribution in [0.25, 0.3) is 0 Å². The molecule has 0 spiro atoms. The number of hydrogen-bond acceptors (Lipinski definition) is 4. The van der Waals surface area contributed by atoms with Crippen LogP contribution in [0.15, 0.2) is 0 Å². The van der Waals surface area contributed by atoms with E-state index >= 15 is 0 Å². The standard InChI is InChI=1S/C15H28N4O2/c1-12-14(11-16-8-10-21-5)13(2)19(17-12)9-6-7-15(20)18(3)4/h16H,6-11H2,1-5H3. The van der Waals surface area contributed by atoms with Crippen molar-refractivity contribution in [1.29, 1.82) is 0 Å². The summed E-state index contributed by atoms with van der Waals surface area (Å²) in [5.41, 5.74) is 3.47. The van der Waals surface area contributed by atoms with Gasteiger partial charge in [-0.3, -0.25) is 9.48 Å². The van der Waals surface area contributed by atoms with Gasteiger partial charge in [-0.15, -0.1) is 0 Å². The second kappa shape index (κ2) is 8.79. The maximum absolute atomic E-state index is 11.6. The van der Waals surface area contributed by atoms with E-state index < -0.39 is 0 Å². The minimum Gasteiger partial charge on any atom is -0.383 e. The highest BCUT2D eigenvalue weighted by molar-refractivity contribution is 5.75. The Labute approximate surface area is 127 Å². The lowest BCUT2D eigenvalue weighted by molar-refractivity contribution is -0.128. The summed E-state index contributed by atoms with van der Waals surface area (Å²) >= 11 is 0. The number of carbonyl (C=O) groups excluding carboxylic acids is 1. The molecule has 21 heavy (non-hydrogen) atoms. The fraction of sp³-hybridized carbons (Fsp3) is 0.733. The molecular formula is C15H28N4O2. The molecule has 0 unspecified atom stereocenters. The third-order valence-corrected chi connectivity index (χ3v) is 3.58. The molecule has 1 N–H and O–H groups in total. The monoisotopic (exact) mass is 296 g/mol. The zero-order valence-electron chi connectivity index (χ0n) is 13.9. The fourth-order valence-electron chi connectivity index (χ4n) is 2.20. The minimum atomic E-state index is 0.165. The smallest absolute Gasteiger partial charge is 0.222 e. The molecule has 1 amide bonds. The maximum atomic E-state index is 11.6. The Bertz CT molecular complexity index is 455. The maximum Gasteiger partial charge on any atom is 0.222 e. The summed E-state index contributed by atoms with van der Waals surface area (Å²) in [5, 5.41) is 7.92. The van der Waals surface area contributed by atoms with E-state index in [1.165, 1.54) is 11.3 Å². The quantitative estimate of drug-likeness (QED) is 0.693. The number of methoxy groups -OCH3 is 1. The van der Waals surface area contributed by atoms with Crippen molar-refractivity contribution in [1.82, 2.24) is 20.0 Å². The Balaban J connectivity index is 2.50. The van der Waals surface area contributed by atoms with Gasteiger partial charge in [-0.05, 0) is 20.3 Å². The highest BCUT2D eigenvalue weighted by Crippen LogP contribution is 2.13. The second-order valence-electron chi connectivity index (χ2n) is 5.43. The van der Waals surface area contributed by atoms with Gasteiger partial charge in [0.15, 0.2) is 0 Å². The molecule has 0 saturated heterocycles. The van der Waals surface area contributed by atoms with Crippen molar-refractivity contribution >= 4 is 5.91 Å². The van der Waals surface area contributed by atoms with Crippen molar-refractivity contribution in [3.63, 3.8) is 0 Å². The summed E-state index contributed by atoms with van der Waals surface area (Å²) in [6, 6.07) is 0. The number of aromatic nitrogens is 2. The summed E-state index contributed by atoms with van der Waals surface area (Å²) in [5.74, 6) is 0.165. The van der Waals surface area contributed by atoms with Crippen molar-refractivity contribution in [2.75, 3.05) is 34.4 Å². The van der Waals surface area contributed by atoms with Crippen LogP contribution in [0.2, 0.25) is 0 Å². The fourth-order valence-corrected chi connectivity index (χ4v) is 2.20. The molecule has 0 bridgehead atoms. The van der Waals surface area contributed by atoms with Gasteiger partial charge in [-0.2, -0.15) is 5.10 Å². The van der Waals surface area contributed by atoms with E-state index in [1.807, 2.05) is 11.6 Å². The Morgan fingerprint density at radius 2 is 2.10 bits per heavy atom. The summed E-state index contributed by atoms with van der Waals surface area (Å²) in [6.07, 6.45) is 1.38. The molecule has 6 heteroatoms. The summed E-state index contributed by atoms with van der Waals surface area (Å²) in [6.45, 7) is 7.24. The van der Waals surface area contributed by atoms with Gasteiger partial charge in [-0.1, -0.05) is 0 Å². The minimum absolute atomic E-state index is 0.165. The van der Waals surface area contributed by atoms with Crippen molar-refractivity contribution < 1.29 is 9.53 Å². The molecule has 0 aliphatic carbocycles. The highest BCUT2D eigenvalue weighted by atomic mass is 16.5. The van der Waals surface area contributed by atoms with Crippen LogP contribution in [0.4, 0.5) is 0 Å². The van der Waals surface area contributed by atoms with Gasteiger partial charge in [0.1, 0.15) is 0 Å². The largest absolute Gasteiger partial charge is 0.383 e. The molecule has 0 aliphatic heterocycles. The van der Waals surface area contributed by atoms with Gasteiger partial charge in [0.25, 0.3) is 0 Å². The number of carbonyl (C=O) groups is 1. The Hall–Kier alpha value is -1.40. The zero-order valence-corrected chi connectivity index (χ0v) is 13.9. The number of amides is 1. The van der Waals surface area contributed by atoms with Gasteiger partial charge >= 0.3 is 0 Å². The molecule has 1 aromatic heterocycles. The lowest BCUT2D eigenvalue weighted by atomic mass is 10.2. The third-order valence-electron chi connectivity index (χ3n) is 3.58. The van der Waals surface area contributed by atoms with Crippen LogP contribution < -0.4 is 5.32 Å². The van der Waals surface area contributed by atoms with Crippen LogP contribution >= 0.6 is 0 Å². The van der Waals surface area contributed by atoms with E-state index in [0.29, 0.717) is 13.0 Å². The second-order valence-corrected chi connectivity index (χ2v) is 5.43. The first kappa shape index (κ1) is 17.7. The van der Waals surface area contributed by atoms with Gasteiger partial charge in [-0.25, -0.2) is 0 Å². The van der Waals surface area contributed by atoms with Crippen LogP contribution in [0, 0.1) is 13.8 Å². The molecule has 0 aliphatic rings. The van der Waals surface area contributed by atoms with Crippen molar-refractivity contribution in [3.8, 4) is 0 Å². The number of nitrogens with one attached hydrogen (secondary N) is 1. The normalized spacial score (nSPS) is 10.9. The van der Waals surface area contributed by atoms with Crippen LogP contribution in [0.5, 0.6) is 0 Å². The molecule has 1 heterocycles. The summed E-state index contributed by atoms with van der Waals surface area (Å²) in [4.78, 5) is 13.2. The number of nitrogens with zero attached hydrogens (tertiary/aromatic N) is 3.